The van der Waals surface area contributed by atoms with Crippen LogP contribution in [0.15, 0.2) is 41.1 Å². The minimum Gasteiger partial charge on any atom is -0.431 e. The van der Waals surface area contributed by atoms with Crippen LogP contribution in [0.4, 0.5) is 14.7 Å². The lowest BCUT2D eigenvalue weighted by atomic mass is 10.2. The number of oxazole rings is 1. The Balaban J connectivity index is 1.42. The maximum atomic E-state index is 14.3. The number of halogens is 2. The fraction of sp³-hybridized carbons (Fsp3) is 0.417. The summed E-state index contributed by atoms with van der Waals surface area (Å²) in [5.74, 6) is -2.27. The standard InChI is InChI=1S/C24H28F2N6O4S/c1-16(15-31-9-11-32(12-10-31)24-27-7-3-8-28-24)29-22(33)21-20(6-13-37(2,34)35)30-23(36-21)18-5-4-17(25)14-19(18)26/h3-5,7-8,14,16H,6,9-13,15H2,1-2H3,(H,29,33). The Morgan fingerprint density at radius 3 is 2.51 bits per heavy atom. The van der Waals surface area contributed by atoms with Crippen molar-refractivity contribution < 1.29 is 26.4 Å². The molecule has 3 heterocycles. The SMILES string of the molecule is CC(CN1CCN(c2ncccn2)CC1)NC(=O)c1oc(-c2ccc(F)cc2F)nc1CCS(C)(=O)=O. The minimum absolute atomic E-state index is 0.0883. The molecule has 1 saturated heterocycles. The number of hydrogen-bond acceptors (Lipinski definition) is 9. The van der Waals surface area contributed by atoms with Crippen LogP contribution in [0.3, 0.4) is 0 Å². The Hall–Kier alpha value is -3.45. The average Bonchev–Trinajstić information content (AvgIpc) is 3.27. The molecule has 1 aliphatic heterocycles. The van der Waals surface area contributed by atoms with Crippen molar-refractivity contribution in [3.63, 3.8) is 0 Å². The van der Waals surface area contributed by atoms with Gasteiger partial charge in [-0.1, -0.05) is 0 Å². The van der Waals surface area contributed by atoms with Gasteiger partial charge in [-0.25, -0.2) is 32.2 Å². The molecule has 37 heavy (non-hydrogen) atoms. The molecule has 1 amide bonds. The number of benzene rings is 1. The topological polar surface area (TPSA) is 122 Å². The number of nitrogens with zero attached hydrogens (tertiary/aromatic N) is 5. The first-order chi connectivity index (χ1) is 17.6. The van der Waals surface area contributed by atoms with Gasteiger partial charge in [0.05, 0.1) is 17.0 Å². The molecule has 1 fully saturated rings. The van der Waals surface area contributed by atoms with E-state index in [2.05, 4.69) is 30.1 Å². The molecule has 0 saturated carbocycles. The van der Waals surface area contributed by atoms with Gasteiger partial charge in [0, 0.05) is 69.9 Å². The highest BCUT2D eigenvalue weighted by Crippen LogP contribution is 2.26. The molecule has 1 aliphatic rings. The van der Waals surface area contributed by atoms with Crippen LogP contribution in [0.25, 0.3) is 11.5 Å². The quantitative estimate of drug-likeness (QED) is 0.439. The van der Waals surface area contributed by atoms with Crippen molar-refractivity contribution in [2.24, 2.45) is 0 Å². The molecular weight excluding hydrogens is 506 g/mol. The molecule has 0 spiro atoms. The van der Waals surface area contributed by atoms with Crippen LogP contribution in [0.2, 0.25) is 0 Å². The number of anilines is 1. The third-order valence-corrected chi connectivity index (χ3v) is 6.84. The van der Waals surface area contributed by atoms with Gasteiger partial charge in [0.25, 0.3) is 5.91 Å². The third kappa shape index (κ3) is 7.07. The number of aryl methyl sites for hydroxylation is 1. The second-order valence-electron chi connectivity index (χ2n) is 9.01. The first-order valence-electron chi connectivity index (χ1n) is 11.8. The van der Waals surface area contributed by atoms with Crippen molar-refractivity contribution in [3.05, 3.63) is 59.7 Å². The molecule has 1 atom stereocenters. The van der Waals surface area contributed by atoms with Gasteiger partial charge in [0.2, 0.25) is 17.6 Å². The molecule has 0 aliphatic carbocycles. The minimum atomic E-state index is -3.36. The fourth-order valence-electron chi connectivity index (χ4n) is 4.07. The molecular formula is C24H28F2N6O4S. The summed E-state index contributed by atoms with van der Waals surface area (Å²) in [5, 5.41) is 2.86. The smallest absolute Gasteiger partial charge is 0.289 e. The third-order valence-electron chi connectivity index (χ3n) is 5.89. The molecule has 2 aromatic heterocycles. The number of carbonyl (C=O) groups excluding carboxylic acids is 1. The molecule has 13 heteroatoms. The first-order valence-corrected chi connectivity index (χ1v) is 13.8. The fourth-order valence-corrected chi connectivity index (χ4v) is 4.63. The normalized spacial score (nSPS) is 15.5. The van der Waals surface area contributed by atoms with Gasteiger partial charge in [-0.3, -0.25) is 9.69 Å². The number of carbonyl (C=O) groups is 1. The largest absolute Gasteiger partial charge is 0.431 e. The Kier molecular flexibility index (Phi) is 8.13. The molecule has 10 nitrogen and oxygen atoms in total. The molecule has 1 N–H and O–H groups in total. The highest BCUT2D eigenvalue weighted by Gasteiger charge is 2.26. The van der Waals surface area contributed by atoms with E-state index in [-0.39, 0.29) is 41.1 Å². The number of aromatic nitrogens is 3. The maximum Gasteiger partial charge on any atom is 0.289 e. The van der Waals surface area contributed by atoms with E-state index in [4.69, 9.17) is 4.42 Å². The van der Waals surface area contributed by atoms with Crippen LogP contribution in [0.1, 0.15) is 23.2 Å². The van der Waals surface area contributed by atoms with Gasteiger partial charge >= 0.3 is 0 Å². The predicted molar refractivity (Wildman–Crippen MR) is 133 cm³/mol. The summed E-state index contributed by atoms with van der Waals surface area (Å²) < 4.78 is 56.6. The molecule has 0 radical (unpaired) electrons. The Morgan fingerprint density at radius 1 is 1.16 bits per heavy atom. The lowest BCUT2D eigenvalue weighted by Crippen LogP contribution is -2.51. The Labute approximate surface area is 213 Å². The average molecular weight is 535 g/mol. The number of hydrogen-bond donors (Lipinski definition) is 1. The lowest BCUT2D eigenvalue weighted by Gasteiger charge is -2.35. The number of piperazine rings is 1. The van der Waals surface area contributed by atoms with Gasteiger partial charge in [0.15, 0.2) is 0 Å². The first kappa shape index (κ1) is 26.6. The highest BCUT2D eigenvalue weighted by atomic mass is 32.2. The molecule has 0 bridgehead atoms. The number of amides is 1. The zero-order valence-corrected chi connectivity index (χ0v) is 21.3. The number of rotatable bonds is 9. The van der Waals surface area contributed by atoms with Crippen LogP contribution < -0.4 is 10.2 Å². The van der Waals surface area contributed by atoms with Crippen LogP contribution in [0, 0.1) is 11.6 Å². The highest BCUT2D eigenvalue weighted by molar-refractivity contribution is 7.90. The summed E-state index contributed by atoms with van der Waals surface area (Å²) in [7, 11) is -3.36. The summed E-state index contributed by atoms with van der Waals surface area (Å²) in [6, 6.07) is 4.38. The van der Waals surface area contributed by atoms with Gasteiger partial charge < -0.3 is 14.6 Å². The van der Waals surface area contributed by atoms with Crippen molar-refractivity contribution in [2.45, 2.75) is 19.4 Å². The zero-order chi connectivity index (χ0) is 26.6. The van der Waals surface area contributed by atoms with Crippen molar-refractivity contribution in [1.29, 1.82) is 0 Å². The van der Waals surface area contributed by atoms with E-state index in [1.165, 1.54) is 0 Å². The summed E-state index contributed by atoms with van der Waals surface area (Å²) >= 11 is 0. The Morgan fingerprint density at radius 2 is 1.86 bits per heavy atom. The molecule has 4 rings (SSSR count). The van der Waals surface area contributed by atoms with E-state index >= 15 is 0 Å². The van der Waals surface area contributed by atoms with E-state index in [0.29, 0.717) is 18.6 Å². The van der Waals surface area contributed by atoms with Crippen molar-refractivity contribution >= 4 is 21.7 Å². The van der Waals surface area contributed by atoms with Gasteiger partial charge in [-0.2, -0.15) is 0 Å². The van der Waals surface area contributed by atoms with Crippen LogP contribution >= 0.6 is 0 Å². The van der Waals surface area contributed by atoms with E-state index in [1.807, 2.05) is 6.92 Å². The van der Waals surface area contributed by atoms with Crippen LogP contribution in [0.5, 0.6) is 0 Å². The van der Waals surface area contributed by atoms with Crippen LogP contribution in [-0.4, -0.2) is 85.0 Å². The van der Waals surface area contributed by atoms with Crippen LogP contribution in [-0.2, 0) is 16.3 Å². The molecule has 198 valence electrons. The Bertz CT molecular complexity index is 1340. The summed E-state index contributed by atoms with van der Waals surface area (Å²) in [6.45, 7) is 5.42. The monoisotopic (exact) mass is 534 g/mol. The molecule has 1 aromatic carbocycles. The predicted octanol–water partition coefficient (Wildman–Crippen LogP) is 1.94. The van der Waals surface area contributed by atoms with Crippen molar-refractivity contribution in [3.8, 4) is 11.5 Å². The summed E-state index contributed by atoms with van der Waals surface area (Å²) in [4.78, 5) is 30.1. The second-order valence-corrected chi connectivity index (χ2v) is 11.3. The maximum absolute atomic E-state index is 14.3. The van der Waals surface area contributed by atoms with Crippen molar-refractivity contribution in [1.82, 2.24) is 25.2 Å². The van der Waals surface area contributed by atoms with Crippen molar-refractivity contribution in [2.75, 3.05) is 49.6 Å². The van der Waals surface area contributed by atoms with E-state index in [9.17, 15) is 22.0 Å². The van der Waals surface area contributed by atoms with Gasteiger partial charge in [0.1, 0.15) is 21.5 Å². The van der Waals surface area contributed by atoms with E-state index in [0.717, 1.165) is 44.6 Å². The zero-order valence-electron chi connectivity index (χ0n) is 20.5. The lowest BCUT2D eigenvalue weighted by molar-refractivity contribution is 0.0899. The second kappa shape index (κ2) is 11.3. The van der Waals surface area contributed by atoms with Gasteiger partial charge in [-0.05, 0) is 25.1 Å². The van der Waals surface area contributed by atoms with E-state index in [1.54, 1.807) is 18.5 Å². The van der Waals surface area contributed by atoms with E-state index < -0.39 is 27.4 Å². The number of nitrogens with one attached hydrogen (secondary N) is 1. The molecule has 1 unspecified atom stereocenters. The summed E-state index contributed by atoms with van der Waals surface area (Å²) in [6.07, 6.45) is 4.39. The molecule has 3 aromatic rings. The van der Waals surface area contributed by atoms with Gasteiger partial charge in [-0.15, -0.1) is 0 Å². The summed E-state index contributed by atoms with van der Waals surface area (Å²) in [5.41, 5.74) is -0.0419. The number of sulfone groups is 1.